The normalized spacial score (nSPS) is 34.9. The molecule has 1 aromatic rings. The van der Waals surface area contributed by atoms with Crippen molar-refractivity contribution >= 4 is 17.9 Å². The number of hydrogen-bond acceptors (Lipinski definition) is 10. The van der Waals surface area contributed by atoms with E-state index in [9.17, 15) is 19.5 Å². The van der Waals surface area contributed by atoms with Crippen LogP contribution in [0.2, 0.25) is 0 Å². The van der Waals surface area contributed by atoms with Gasteiger partial charge in [0, 0.05) is 31.9 Å². The Balaban J connectivity index is 1.22. The van der Waals surface area contributed by atoms with Gasteiger partial charge in [0.1, 0.15) is 11.5 Å². The van der Waals surface area contributed by atoms with Crippen LogP contribution in [-0.4, -0.2) is 77.2 Å². The van der Waals surface area contributed by atoms with Gasteiger partial charge in [-0.2, -0.15) is 0 Å². The van der Waals surface area contributed by atoms with Crippen molar-refractivity contribution in [3.05, 3.63) is 40.7 Å². The fraction of sp³-hybridized carbons (Fsp3) is 0.607. The lowest BCUT2D eigenvalue weighted by Gasteiger charge is -2.61. The SMILES string of the molecule is Cc1ccc2c3c1O[C@H]1C(OC(=O)[C@H](C)OC(=O)C[C@@H]4OC(C)(C)OC4=O)=CC[C@@]4(O)[C@@H](C2)N(C)CC[C@]314. The molecule has 6 atom stereocenters. The predicted molar refractivity (Wildman–Crippen MR) is 131 cm³/mol. The molecular weight excluding hydrogens is 494 g/mol. The van der Waals surface area contributed by atoms with E-state index < -0.39 is 53.0 Å². The molecule has 1 spiro atoms. The predicted octanol–water partition coefficient (Wildman–Crippen LogP) is 1.82. The van der Waals surface area contributed by atoms with E-state index in [1.165, 1.54) is 6.92 Å². The maximum Gasteiger partial charge on any atom is 0.352 e. The summed E-state index contributed by atoms with van der Waals surface area (Å²) in [5.74, 6) is -2.25. The number of cyclic esters (lactones) is 1. The van der Waals surface area contributed by atoms with Crippen molar-refractivity contribution in [2.45, 2.75) is 94.5 Å². The first-order chi connectivity index (χ1) is 17.9. The number of hydrogen-bond donors (Lipinski definition) is 1. The third-order valence-corrected chi connectivity index (χ3v) is 8.82. The summed E-state index contributed by atoms with van der Waals surface area (Å²) in [5, 5.41) is 12.2. The van der Waals surface area contributed by atoms with E-state index in [0.717, 1.165) is 35.4 Å². The molecule has 0 radical (unpaired) electrons. The first kappa shape index (κ1) is 25.3. The van der Waals surface area contributed by atoms with Gasteiger partial charge in [0.05, 0.1) is 17.4 Å². The van der Waals surface area contributed by atoms with Crippen molar-refractivity contribution in [3.63, 3.8) is 0 Å². The lowest BCUT2D eigenvalue weighted by molar-refractivity contribution is -0.176. The van der Waals surface area contributed by atoms with Gasteiger partial charge < -0.3 is 33.7 Å². The second-order valence-corrected chi connectivity index (χ2v) is 11.6. The minimum atomic E-state index is -1.23. The highest BCUT2D eigenvalue weighted by Crippen LogP contribution is 2.64. The van der Waals surface area contributed by atoms with Gasteiger partial charge in [-0.25, -0.2) is 9.59 Å². The van der Waals surface area contributed by atoms with E-state index in [2.05, 4.69) is 11.0 Å². The maximum absolute atomic E-state index is 13.1. The number of carbonyl (C=O) groups excluding carboxylic acids is 3. The van der Waals surface area contributed by atoms with Crippen LogP contribution in [0.1, 0.15) is 56.7 Å². The van der Waals surface area contributed by atoms with Crippen LogP contribution >= 0.6 is 0 Å². The molecule has 38 heavy (non-hydrogen) atoms. The highest BCUT2D eigenvalue weighted by Gasteiger charge is 2.71. The van der Waals surface area contributed by atoms with Crippen LogP contribution < -0.4 is 4.74 Å². The zero-order valence-corrected chi connectivity index (χ0v) is 22.2. The summed E-state index contributed by atoms with van der Waals surface area (Å²) in [6, 6.07) is 4.06. The molecule has 204 valence electrons. The minimum absolute atomic E-state index is 0.0913. The van der Waals surface area contributed by atoms with Gasteiger partial charge in [0.2, 0.25) is 5.79 Å². The number of aliphatic hydroxyl groups is 1. The quantitative estimate of drug-likeness (QED) is 0.448. The Morgan fingerprint density at radius 3 is 2.76 bits per heavy atom. The molecule has 2 aliphatic carbocycles. The van der Waals surface area contributed by atoms with Crippen LogP contribution in [0.3, 0.4) is 0 Å². The molecule has 6 rings (SSSR count). The van der Waals surface area contributed by atoms with Crippen molar-refractivity contribution in [2.75, 3.05) is 13.6 Å². The third-order valence-electron chi connectivity index (χ3n) is 8.82. The molecule has 10 heteroatoms. The van der Waals surface area contributed by atoms with Gasteiger partial charge in [-0.05, 0) is 57.5 Å². The molecule has 1 N–H and O–H groups in total. The number of aryl methyl sites for hydroxylation is 1. The van der Waals surface area contributed by atoms with Gasteiger partial charge >= 0.3 is 17.9 Å². The fourth-order valence-electron chi connectivity index (χ4n) is 7.08. The lowest BCUT2D eigenvalue weighted by Crippen LogP contribution is -2.74. The van der Waals surface area contributed by atoms with Gasteiger partial charge in [-0.1, -0.05) is 12.1 Å². The summed E-state index contributed by atoms with van der Waals surface area (Å²) in [7, 11) is 2.03. The number of esters is 3. The van der Waals surface area contributed by atoms with Gasteiger partial charge in [-0.15, -0.1) is 0 Å². The largest absolute Gasteiger partial charge is 0.481 e. The molecule has 1 aromatic carbocycles. The van der Waals surface area contributed by atoms with Crippen LogP contribution in [0.4, 0.5) is 0 Å². The summed E-state index contributed by atoms with van der Waals surface area (Å²) < 4.78 is 28.0. The molecule has 2 fully saturated rings. The van der Waals surface area contributed by atoms with E-state index in [-0.39, 0.29) is 12.5 Å². The maximum atomic E-state index is 13.1. The highest BCUT2D eigenvalue weighted by atomic mass is 16.8. The monoisotopic (exact) mass is 527 g/mol. The standard InChI is InChI=1S/C28H33NO9/c1-14-6-7-16-12-19-28(33)9-8-17(23-27(28,10-11-29(19)5)21(16)22(14)36-23)35-24(31)15(2)34-20(30)13-18-25(32)38-26(3,4)37-18/h6-8,15,18-19,23,33H,9-13H2,1-5H3/t15-,18-,19+,23-,27-,28+/m0/s1. The molecule has 5 aliphatic rings. The number of likely N-dealkylation sites (tertiary alicyclic amines) is 1. The second-order valence-electron chi connectivity index (χ2n) is 11.6. The molecule has 2 saturated heterocycles. The summed E-state index contributed by atoms with van der Waals surface area (Å²) in [5.41, 5.74) is 1.34. The van der Waals surface area contributed by atoms with Crippen molar-refractivity contribution in [3.8, 4) is 5.75 Å². The van der Waals surface area contributed by atoms with E-state index in [0.29, 0.717) is 18.6 Å². The van der Waals surface area contributed by atoms with Crippen LogP contribution in [-0.2, 0) is 45.2 Å². The fourth-order valence-corrected chi connectivity index (χ4v) is 7.08. The molecule has 0 aromatic heterocycles. The average Bonchev–Trinajstić information content (AvgIpc) is 3.32. The summed E-state index contributed by atoms with van der Waals surface area (Å²) >= 11 is 0. The molecule has 10 nitrogen and oxygen atoms in total. The molecular formula is C28H33NO9. The summed E-state index contributed by atoms with van der Waals surface area (Å²) in [6.45, 7) is 7.31. The van der Waals surface area contributed by atoms with Crippen molar-refractivity contribution in [1.29, 1.82) is 0 Å². The Hall–Kier alpha value is -2.95. The number of benzene rings is 1. The second kappa shape index (κ2) is 8.27. The summed E-state index contributed by atoms with van der Waals surface area (Å²) in [4.78, 5) is 39.6. The van der Waals surface area contributed by atoms with Crippen molar-refractivity contribution in [2.24, 2.45) is 0 Å². The Morgan fingerprint density at radius 1 is 1.29 bits per heavy atom. The minimum Gasteiger partial charge on any atom is -0.481 e. The van der Waals surface area contributed by atoms with E-state index in [1.54, 1.807) is 19.9 Å². The number of likely N-dealkylation sites (N-methyl/N-ethyl adjacent to an activating group) is 1. The lowest BCUT2D eigenvalue weighted by atomic mass is 9.50. The Kier molecular flexibility index (Phi) is 5.52. The smallest absolute Gasteiger partial charge is 0.352 e. The topological polar surface area (TPSA) is 121 Å². The molecule has 2 bridgehead atoms. The molecule has 3 aliphatic heterocycles. The van der Waals surface area contributed by atoms with Gasteiger partial charge in [0.25, 0.3) is 0 Å². The van der Waals surface area contributed by atoms with Gasteiger partial charge in [-0.3, -0.25) is 4.79 Å². The summed E-state index contributed by atoms with van der Waals surface area (Å²) in [6.07, 6.45) is 0.0341. The first-order valence-corrected chi connectivity index (χ1v) is 13.1. The highest BCUT2D eigenvalue weighted by molar-refractivity contribution is 5.85. The molecule has 3 heterocycles. The van der Waals surface area contributed by atoms with Gasteiger partial charge in [0.15, 0.2) is 18.3 Å². The first-order valence-electron chi connectivity index (χ1n) is 13.1. The molecule has 0 amide bonds. The Labute approximate surface area is 220 Å². The number of ether oxygens (including phenoxy) is 5. The van der Waals surface area contributed by atoms with Crippen molar-refractivity contribution < 1.29 is 43.2 Å². The van der Waals surface area contributed by atoms with E-state index in [1.807, 2.05) is 20.0 Å². The number of rotatable bonds is 5. The number of carbonyl (C=O) groups is 3. The Bertz CT molecular complexity index is 1270. The van der Waals surface area contributed by atoms with Crippen LogP contribution in [0.25, 0.3) is 0 Å². The zero-order valence-electron chi connectivity index (χ0n) is 22.2. The number of nitrogens with zero attached hydrogens (tertiary/aromatic N) is 1. The van der Waals surface area contributed by atoms with E-state index >= 15 is 0 Å². The van der Waals surface area contributed by atoms with Crippen molar-refractivity contribution in [1.82, 2.24) is 4.90 Å². The van der Waals surface area contributed by atoms with Crippen LogP contribution in [0.5, 0.6) is 5.75 Å². The zero-order chi connectivity index (χ0) is 27.2. The Morgan fingerprint density at radius 2 is 2.05 bits per heavy atom. The van der Waals surface area contributed by atoms with Crippen LogP contribution in [0.15, 0.2) is 24.0 Å². The average molecular weight is 528 g/mol. The third kappa shape index (κ3) is 3.46. The van der Waals surface area contributed by atoms with Crippen LogP contribution in [0, 0.1) is 6.92 Å². The van der Waals surface area contributed by atoms with E-state index in [4.69, 9.17) is 23.7 Å². The molecule has 0 saturated carbocycles. The number of piperidine rings is 1. The molecule has 0 unspecified atom stereocenters.